The van der Waals surface area contributed by atoms with E-state index in [0.717, 1.165) is 11.8 Å². The first kappa shape index (κ1) is 13.0. The van der Waals surface area contributed by atoms with Gasteiger partial charge in [0.2, 0.25) is 0 Å². The van der Waals surface area contributed by atoms with Crippen molar-refractivity contribution in [3.8, 4) is 5.75 Å². The van der Waals surface area contributed by atoms with E-state index in [-0.39, 0.29) is 11.7 Å². The summed E-state index contributed by atoms with van der Waals surface area (Å²) in [6.07, 6.45) is 6.89. The van der Waals surface area contributed by atoms with Gasteiger partial charge in [-0.1, -0.05) is 0 Å². The second kappa shape index (κ2) is 4.65. The van der Waals surface area contributed by atoms with E-state index in [1.165, 1.54) is 38.2 Å². The van der Waals surface area contributed by atoms with Gasteiger partial charge in [-0.2, -0.15) is 0 Å². The highest BCUT2D eigenvalue weighted by Gasteiger charge is 2.49. The zero-order valence-electron chi connectivity index (χ0n) is 12.0. The highest BCUT2D eigenvalue weighted by Crippen LogP contribution is 2.54. The Morgan fingerprint density at radius 2 is 1.71 bits per heavy atom. The Kier molecular flexibility index (Phi) is 2.88. The van der Waals surface area contributed by atoms with Crippen LogP contribution >= 0.6 is 0 Å². The minimum atomic E-state index is -0.956. The largest absolute Gasteiger partial charge is 0.488 e. The maximum atomic E-state index is 11.0. The highest BCUT2D eigenvalue weighted by molar-refractivity contribution is 5.89. The first-order valence-electron chi connectivity index (χ1n) is 7.89. The number of hydrogen-bond donors (Lipinski definition) is 2. The maximum Gasteiger partial charge on any atom is 0.335 e. The summed E-state index contributed by atoms with van der Waals surface area (Å²) in [5, 5.41) is 8.99. The monoisotopic (exact) mass is 287 g/mol. The van der Waals surface area contributed by atoms with Crippen LogP contribution in [0.15, 0.2) is 18.2 Å². The Hall–Kier alpha value is -1.71. The van der Waals surface area contributed by atoms with Crippen LogP contribution < -0.4 is 10.5 Å². The Morgan fingerprint density at radius 3 is 2.24 bits per heavy atom. The molecule has 0 saturated heterocycles. The second-order valence-corrected chi connectivity index (χ2v) is 7.07. The van der Waals surface area contributed by atoms with E-state index in [1.54, 1.807) is 12.1 Å². The molecule has 1 aromatic carbocycles. The molecule has 4 saturated carbocycles. The molecule has 0 aliphatic heterocycles. The standard InChI is InChI=1S/C17H21NO3/c18-14-8-11(17(19)20)1-2-15(14)21-16-12-4-9-3-10(6-12)7-13(16)5-9/h1-2,8-10,12-13,16H,3-7,18H2,(H,19,20). The number of anilines is 1. The Balaban J connectivity index is 1.55. The summed E-state index contributed by atoms with van der Waals surface area (Å²) in [5.74, 6) is 2.86. The lowest BCUT2D eigenvalue weighted by molar-refractivity contribution is -0.0787. The number of rotatable bonds is 3. The molecule has 0 amide bonds. The Labute approximate surface area is 124 Å². The molecule has 1 aromatic rings. The van der Waals surface area contributed by atoms with Crippen LogP contribution in [-0.2, 0) is 0 Å². The molecule has 0 heterocycles. The lowest BCUT2D eigenvalue weighted by atomic mass is 9.55. The summed E-state index contributed by atoms with van der Waals surface area (Å²) in [6, 6.07) is 4.78. The van der Waals surface area contributed by atoms with Crippen molar-refractivity contribution in [3.63, 3.8) is 0 Å². The lowest BCUT2D eigenvalue weighted by Gasteiger charge is -2.53. The molecule has 112 valence electrons. The van der Waals surface area contributed by atoms with Gasteiger partial charge >= 0.3 is 5.97 Å². The average Bonchev–Trinajstić information content (AvgIpc) is 2.43. The van der Waals surface area contributed by atoms with Gasteiger partial charge < -0.3 is 15.6 Å². The zero-order chi connectivity index (χ0) is 14.6. The summed E-state index contributed by atoms with van der Waals surface area (Å²) < 4.78 is 6.24. The van der Waals surface area contributed by atoms with Crippen molar-refractivity contribution in [2.45, 2.75) is 38.2 Å². The molecule has 4 fully saturated rings. The summed E-state index contributed by atoms with van der Waals surface area (Å²) in [7, 11) is 0. The molecule has 4 bridgehead atoms. The number of nitrogen functional groups attached to an aromatic ring is 1. The van der Waals surface area contributed by atoms with Crippen LogP contribution in [0.1, 0.15) is 42.5 Å². The van der Waals surface area contributed by atoms with Crippen molar-refractivity contribution in [3.05, 3.63) is 23.8 Å². The van der Waals surface area contributed by atoms with Gasteiger partial charge in [0, 0.05) is 0 Å². The summed E-state index contributed by atoms with van der Waals surface area (Å²) >= 11 is 0. The quantitative estimate of drug-likeness (QED) is 0.837. The molecule has 0 aromatic heterocycles. The predicted molar refractivity (Wildman–Crippen MR) is 79.3 cm³/mol. The third-order valence-corrected chi connectivity index (χ3v) is 5.66. The van der Waals surface area contributed by atoms with E-state index >= 15 is 0 Å². The average molecular weight is 287 g/mol. The number of carboxylic acid groups (broad SMARTS) is 1. The molecule has 4 heteroatoms. The summed E-state index contributed by atoms with van der Waals surface area (Å²) in [5.41, 5.74) is 6.62. The fourth-order valence-corrected chi connectivity index (χ4v) is 5.00. The fraction of sp³-hybridized carbons (Fsp3) is 0.588. The van der Waals surface area contributed by atoms with Crippen LogP contribution in [0.3, 0.4) is 0 Å². The van der Waals surface area contributed by atoms with Crippen LogP contribution in [0, 0.1) is 23.7 Å². The molecule has 4 nitrogen and oxygen atoms in total. The number of aromatic carboxylic acids is 1. The third kappa shape index (κ3) is 2.17. The van der Waals surface area contributed by atoms with Gasteiger partial charge in [0.15, 0.2) is 0 Å². The van der Waals surface area contributed by atoms with Crippen molar-refractivity contribution in [1.82, 2.24) is 0 Å². The van der Waals surface area contributed by atoms with E-state index in [9.17, 15) is 4.79 Å². The van der Waals surface area contributed by atoms with Gasteiger partial charge in [0.1, 0.15) is 11.9 Å². The van der Waals surface area contributed by atoms with Gasteiger partial charge in [-0.3, -0.25) is 0 Å². The van der Waals surface area contributed by atoms with E-state index in [1.807, 2.05) is 0 Å². The number of nitrogens with two attached hydrogens (primary N) is 1. The number of ether oxygens (including phenoxy) is 1. The Morgan fingerprint density at radius 1 is 1.10 bits per heavy atom. The van der Waals surface area contributed by atoms with Crippen molar-refractivity contribution in [2.24, 2.45) is 23.7 Å². The SMILES string of the molecule is Nc1cc(C(=O)O)ccc1OC1C2CC3CC(C2)CC1C3. The molecule has 3 N–H and O–H groups in total. The number of carbonyl (C=O) groups is 1. The van der Waals surface area contributed by atoms with Crippen molar-refractivity contribution in [1.29, 1.82) is 0 Å². The van der Waals surface area contributed by atoms with Gasteiger partial charge in [-0.05, 0) is 74.0 Å². The molecule has 0 atom stereocenters. The normalized spacial score (nSPS) is 36.7. The first-order chi connectivity index (χ1) is 10.1. The topological polar surface area (TPSA) is 72.6 Å². The van der Waals surface area contributed by atoms with Crippen molar-refractivity contribution < 1.29 is 14.6 Å². The van der Waals surface area contributed by atoms with Gasteiger partial charge in [-0.15, -0.1) is 0 Å². The molecule has 0 spiro atoms. The highest BCUT2D eigenvalue weighted by atomic mass is 16.5. The van der Waals surface area contributed by atoms with Crippen LogP contribution in [0.5, 0.6) is 5.75 Å². The van der Waals surface area contributed by atoms with E-state index in [2.05, 4.69) is 0 Å². The molecular formula is C17H21NO3. The predicted octanol–water partition coefficient (Wildman–Crippen LogP) is 3.17. The zero-order valence-corrected chi connectivity index (χ0v) is 12.0. The van der Waals surface area contributed by atoms with Gasteiger partial charge in [0.05, 0.1) is 11.3 Å². The third-order valence-electron chi connectivity index (χ3n) is 5.66. The molecule has 4 aliphatic rings. The first-order valence-corrected chi connectivity index (χ1v) is 7.89. The van der Waals surface area contributed by atoms with Crippen LogP contribution in [0.2, 0.25) is 0 Å². The molecular weight excluding hydrogens is 266 g/mol. The van der Waals surface area contributed by atoms with E-state index in [0.29, 0.717) is 23.3 Å². The van der Waals surface area contributed by atoms with E-state index in [4.69, 9.17) is 15.6 Å². The molecule has 5 rings (SSSR count). The molecule has 21 heavy (non-hydrogen) atoms. The van der Waals surface area contributed by atoms with Gasteiger partial charge in [0.25, 0.3) is 0 Å². The molecule has 4 aliphatic carbocycles. The number of carboxylic acids is 1. The second-order valence-electron chi connectivity index (χ2n) is 7.07. The molecule has 0 unspecified atom stereocenters. The minimum Gasteiger partial charge on any atom is -0.488 e. The fourth-order valence-electron chi connectivity index (χ4n) is 5.00. The van der Waals surface area contributed by atoms with Crippen LogP contribution in [-0.4, -0.2) is 17.2 Å². The number of hydrogen-bond acceptors (Lipinski definition) is 3. The maximum absolute atomic E-state index is 11.0. The van der Waals surface area contributed by atoms with Gasteiger partial charge in [-0.25, -0.2) is 4.79 Å². The van der Waals surface area contributed by atoms with E-state index < -0.39 is 5.97 Å². The number of benzene rings is 1. The lowest BCUT2D eigenvalue weighted by Crippen LogP contribution is -2.50. The Bertz CT molecular complexity index is 555. The van der Waals surface area contributed by atoms with Crippen LogP contribution in [0.25, 0.3) is 0 Å². The minimum absolute atomic E-state index is 0.213. The van der Waals surface area contributed by atoms with Crippen molar-refractivity contribution >= 4 is 11.7 Å². The molecule has 0 radical (unpaired) electrons. The smallest absolute Gasteiger partial charge is 0.335 e. The summed E-state index contributed by atoms with van der Waals surface area (Å²) in [4.78, 5) is 11.0. The van der Waals surface area contributed by atoms with Crippen molar-refractivity contribution in [2.75, 3.05) is 5.73 Å². The summed E-state index contributed by atoms with van der Waals surface area (Å²) in [6.45, 7) is 0. The van der Waals surface area contributed by atoms with Crippen LogP contribution in [0.4, 0.5) is 5.69 Å².